The number of nitrogens with zero attached hydrogens (tertiary/aromatic N) is 1. The van der Waals surface area contributed by atoms with Crippen LogP contribution >= 0.6 is 0 Å². The van der Waals surface area contributed by atoms with Crippen molar-refractivity contribution in [3.05, 3.63) is 35.4 Å². The fourth-order valence-electron chi connectivity index (χ4n) is 2.12. The number of benzene rings is 1. The number of carbonyl (C=O) groups excluding carboxylic acids is 1. The van der Waals surface area contributed by atoms with Crippen molar-refractivity contribution in [2.75, 3.05) is 13.3 Å². The van der Waals surface area contributed by atoms with Crippen LogP contribution < -0.4 is 5.32 Å². The summed E-state index contributed by atoms with van der Waals surface area (Å²) >= 11 is 0. The molecule has 0 aliphatic carbocycles. The van der Waals surface area contributed by atoms with Gasteiger partial charge in [-0.2, -0.15) is 4.99 Å². The molecule has 1 rings (SSSR count). The lowest BCUT2D eigenvalue weighted by molar-refractivity contribution is 0.0930. The normalized spacial score (nSPS) is 12.0. The molecule has 0 unspecified atom stereocenters. The minimum absolute atomic E-state index is 0.219. The molecule has 22 heavy (non-hydrogen) atoms. The Hall–Kier alpha value is -1.48. The number of ether oxygens (including phenoxy) is 1. The Morgan fingerprint density at radius 1 is 1.23 bits per heavy atom. The molecule has 0 radical (unpaired) electrons. The molecular formula is C18H28N2O2. The van der Waals surface area contributed by atoms with E-state index in [1.165, 1.54) is 0 Å². The van der Waals surface area contributed by atoms with E-state index >= 15 is 0 Å². The minimum Gasteiger partial charge on any atom is -0.366 e. The van der Waals surface area contributed by atoms with E-state index in [2.05, 4.69) is 43.2 Å². The summed E-state index contributed by atoms with van der Waals surface area (Å²) in [5.74, 6) is 0. The van der Waals surface area contributed by atoms with E-state index in [0.29, 0.717) is 6.73 Å². The third-order valence-electron chi connectivity index (χ3n) is 3.87. The standard InChI is InChI=1S/C18H28N2O2/c1-6-7-11-22-14-20-18(4,5)16-10-8-9-15(12-16)17(2,3)19-13-21/h8-10,12,20H,6-7,11,14H2,1-5H3. The van der Waals surface area contributed by atoms with Crippen LogP contribution in [0.3, 0.4) is 0 Å². The average molecular weight is 304 g/mol. The molecule has 0 atom stereocenters. The van der Waals surface area contributed by atoms with Crippen molar-refractivity contribution >= 4 is 6.08 Å². The number of unbranched alkanes of at least 4 members (excludes halogenated alkanes) is 1. The summed E-state index contributed by atoms with van der Waals surface area (Å²) < 4.78 is 5.59. The van der Waals surface area contributed by atoms with Crippen LogP contribution in [0.15, 0.2) is 29.3 Å². The van der Waals surface area contributed by atoms with Gasteiger partial charge >= 0.3 is 0 Å². The second-order valence-corrected chi connectivity index (χ2v) is 6.55. The van der Waals surface area contributed by atoms with Crippen LogP contribution in [0.4, 0.5) is 0 Å². The van der Waals surface area contributed by atoms with Gasteiger partial charge in [-0.3, -0.25) is 5.32 Å². The first-order valence-electron chi connectivity index (χ1n) is 7.86. The highest BCUT2D eigenvalue weighted by Crippen LogP contribution is 2.28. The number of rotatable bonds is 9. The molecular weight excluding hydrogens is 276 g/mol. The number of isocyanates is 1. The highest BCUT2D eigenvalue weighted by Gasteiger charge is 2.24. The fraction of sp³-hybridized carbons (Fsp3) is 0.611. The smallest absolute Gasteiger partial charge is 0.235 e. The zero-order chi connectivity index (χ0) is 16.6. The van der Waals surface area contributed by atoms with Crippen molar-refractivity contribution in [1.29, 1.82) is 0 Å². The Morgan fingerprint density at radius 3 is 2.55 bits per heavy atom. The third-order valence-corrected chi connectivity index (χ3v) is 3.87. The Balaban J connectivity index is 2.80. The predicted molar refractivity (Wildman–Crippen MR) is 89.5 cm³/mol. The Bertz CT molecular complexity index is 518. The van der Waals surface area contributed by atoms with Crippen LogP contribution in [0.25, 0.3) is 0 Å². The van der Waals surface area contributed by atoms with Gasteiger partial charge in [-0.05, 0) is 45.2 Å². The monoisotopic (exact) mass is 304 g/mol. The molecule has 0 aliphatic heterocycles. The summed E-state index contributed by atoms with van der Waals surface area (Å²) in [5, 5.41) is 3.41. The molecule has 0 aromatic heterocycles. The molecule has 0 aliphatic rings. The van der Waals surface area contributed by atoms with Gasteiger partial charge in [-0.1, -0.05) is 37.6 Å². The molecule has 0 saturated heterocycles. The van der Waals surface area contributed by atoms with E-state index in [1.54, 1.807) is 6.08 Å². The summed E-state index contributed by atoms with van der Waals surface area (Å²) in [4.78, 5) is 14.5. The van der Waals surface area contributed by atoms with Crippen molar-refractivity contribution in [3.63, 3.8) is 0 Å². The lowest BCUT2D eigenvalue weighted by Gasteiger charge is -2.29. The molecule has 0 amide bonds. The quantitative estimate of drug-likeness (QED) is 0.326. The van der Waals surface area contributed by atoms with Crippen LogP contribution in [0.1, 0.15) is 58.6 Å². The lowest BCUT2D eigenvalue weighted by atomic mass is 9.88. The first-order chi connectivity index (χ1) is 10.3. The topological polar surface area (TPSA) is 50.7 Å². The maximum absolute atomic E-state index is 10.6. The number of aliphatic imine (C=N–C) groups is 1. The van der Waals surface area contributed by atoms with Crippen LogP contribution in [0.2, 0.25) is 0 Å². The van der Waals surface area contributed by atoms with E-state index in [-0.39, 0.29) is 5.54 Å². The molecule has 1 aromatic carbocycles. The SMILES string of the molecule is CCCCOCNC(C)(C)c1cccc(C(C)(C)N=C=O)c1. The van der Waals surface area contributed by atoms with E-state index in [0.717, 1.165) is 30.6 Å². The molecule has 122 valence electrons. The molecule has 0 saturated carbocycles. The zero-order valence-corrected chi connectivity index (χ0v) is 14.4. The molecule has 0 fully saturated rings. The first-order valence-corrected chi connectivity index (χ1v) is 7.86. The van der Waals surface area contributed by atoms with Crippen molar-refractivity contribution in [2.45, 2.75) is 58.5 Å². The molecule has 1 N–H and O–H groups in total. The number of hydrogen-bond acceptors (Lipinski definition) is 4. The molecule has 0 heterocycles. The van der Waals surface area contributed by atoms with Gasteiger partial charge in [-0.15, -0.1) is 0 Å². The summed E-state index contributed by atoms with van der Waals surface area (Å²) in [5.41, 5.74) is 1.35. The number of nitrogens with one attached hydrogen (secondary N) is 1. The summed E-state index contributed by atoms with van der Waals surface area (Å²) in [7, 11) is 0. The highest BCUT2D eigenvalue weighted by molar-refractivity contribution is 5.39. The van der Waals surface area contributed by atoms with Gasteiger partial charge in [0.2, 0.25) is 6.08 Å². The van der Waals surface area contributed by atoms with Crippen molar-refractivity contribution < 1.29 is 9.53 Å². The number of hydrogen-bond donors (Lipinski definition) is 1. The van der Waals surface area contributed by atoms with Crippen LogP contribution in [-0.4, -0.2) is 19.4 Å². The maximum Gasteiger partial charge on any atom is 0.235 e. The Morgan fingerprint density at radius 2 is 1.91 bits per heavy atom. The molecule has 1 aromatic rings. The predicted octanol–water partition coefficient (Wildman–Crippen LogP) is 3.86. The molecule has 0 spiro atoms. The zero-order valence-electron chi connectivity index (χ0n) is 14.4. The van der Waals surface area contributed by atoms with Crippen molar-refractivity contribution in [2.24, 2.45) is 4.99 Å². The van der Waals surface area contributed by atoms with Gasteiger partial charge in [-0.25, -0.2) is 4.79 Å². The minimum atomic E-state index is -0.564. The first kappa shape index (κ1) is 18.6. The van der Waals surface area contributed by atoms with Gasteiger partial charge in [0.25, 0.3) is 0 Å². The lowest BCUT2D eigenvalue weighted by Crippen LogP contribution is -2.38. The maximum atomic E-state index is 10.6. The van der Waals surface area contributed by atoms with Crippen molar-refractivity contribution in [1.82, 2.24) is 5.32 Å². The fourth-order valence-corrected chi connectivity index (χ4v) is 2.12. The summed E-state index contributed by atoms with van der Waals surface area (Å²) in [6, 6.07) is 8.13. The molecule has 4 heteroatoms. The van der Waals surface area contributed by atoms with Crippen molar-refractivity contribution in [3.8, 4) is 0 Å². The summed E-state index contributed by atoms with van der Waals surface area (Å²) in [6.45, 7) is 11.5. The van der Waals surface area contributed by atoms with Gasteiger partial charge in [0.15, 0.2) is 0 Å². The van der Waals surface area contributed by atoms with Crippen LogP contribution in [-0.2, 0) is 20.6 Å². The van der Waals surface area contributed by atoms with Gasteiger partial charge < -0.3 is 4.74 Å². The van der Waals surface area contributed by atoms with Gasteiger partial charge in [0.1, 0.15) is 0 Å². The largest absolute Gasteiger partial charge is 0.366 e. The second-order valence-electron chi connectivity index (χ2n) is 6.55. The molecule has 4 nitrogen and oxygen atoms in total. The van der Waals surface area contributed by atoms with Crippen LogP contribution in [0.5, 0.6) is 0 Å². The van der Waals surface area contributed by atoms with E-state index in [9.17, 15) is 4.79 Å². The summed E-state index contributed by atoms with van der Waals surface area (Å²) in [6.07, 6.45) is 3.87. The van der Waals surface area contributed by atoms with E-state index in [4.69, 9.17) is 4.74 Å². The average Bonchev–Trinajstić information content (AvgIpc) is 2.47. The third kappa shape index (κ3) is 5.38. The van der Waals surface area contributed by atoms with Crippen LogP contribution in [0, 0.1) is 0 Å². The second kappa shape index (κ2) is 8.23. The Labute approximate surface area is 134 Å². The highest BCUT2D eigenvalue weighted by atomic mass is 16.5. The molecule has 0 bridgehead atoms. The van der Waals surface area contributed by atoms with E-state index in [1.807, 2.05) is 26.0 Å². The Kier molecular flexibility index (Phi) is 6.95. The van der Waals surface area contributed by atoms with Gasteiger partial charge in [0.05, 0.1) is 12.3 Å². The van der Waals surface area contributed by atoms with E-state index < -0.39 is 5.54 Å². The van der Waals surface area contributed by atoms with Gasteiger partial charge in [0, 0.05) is 12.1 Å².